The first-order valence-corrected chi connectivity index (χ1v) is 17.9. The highest BCUT2D eigenvalue weighted by atomic mass is 32.1. The Morgan fingerprint density at radius 2 is 0.900 bits per heavy atom. The molecule has 9 aromatic carbocycles. The number of nitrogens with zero attached hydrogens (tertiary/aromatic N) is 1. The van der Waals surface area contributed by atoms with Crippen LogP contribution in [-0.4, -0.2) is 0 Å². The molecule has 0 amide bonds. The van der Waals surface area contributed by atoms with E-state index in [0.717, 1.165) is 11.4 Å². The number of benzene rings is 9. The average molecular weight is 654 g/mol. The Bertz CT molecular complexity index is 2890. The molecule has 2 heteroatoms. The van der Waals surface area contributed by atoms with Crippen LogP contribution in [0, 0.1) is 0 Å². The average Bonchev–Trinajstić information content (AvgIpc) is 3.57. The van der Waals surface area contributed by atoms with Crippen LogP contribution in [0.5, 0.6) is 0 Å². The van der Waals surface area contributed by atoms with Crippen LogP contribution in [0.1, 0.15) is 0 Å². The lowest BCUT2D eigenvalue weighted by Crippen LogP contribution is -2.10. The van der Waals surface area contributed by atoms with Crippen LogP contribution in [0.4, 0.5) is 17.1 Å². The molecule has 0 atom stereocenters. The third-order valence-electron chi connectivity index (χ3n) is 10.0. The summed E-state index contributed by atoms with van der Waals surface area (Å²) in [7, 11) is 0. The summed E-state index contributed by atoms with van der Waals surface area (Å²) in [5.41, 5.74) is 8.29. The molecule has 0 unspecified atom stereocenters. The van der Waals surface area contributed by atoms with Gasteiger partial charge in [0.25, 0.3) is 0 Å². The van der Waals surface area contributed by atoms with Crippen molar-refractivity contribution in [2.45, 2.75) is 0 Å². The number of hydrogen-bond acceptors (Lipinski definition) is 2. The maximum absolute atomic E-state index is 2.46. The highest BCUT2D eigenvalue weighted by Gasteiger charge is 2.20. The van der Waals surface area contributed by atoms with Gasteiger partial charge in [0, 0.05) is 31.5 Å². The van der Waals surface area contributed by atoms with Gasteiger partial charge in [-0.2, -0.15) is 0 Å². The maximum atomic E-state index is 2.46. The third kappa shape index (κ3) is 4.69. The Labute approximate surface area is 294 Å². The van der Waals surface area contributed by atoms with E-state index in [1.165, 1.54) is 80.4 Å². The van der Waals surface area contributed by atoms with Crippen molar-refractivity contribution in [3.8, 4) is 22.3 Å². The summed E-state index contributed by atoms with van der Waals surface area (Å²) in [6.07, 6.45) is 0. The fraction of sp³-hybridized carbons (Fsp3) is 0. The van der Waals surface area contributed by atoms with Gasteiger partial charge in [-0.05, 0) is 103 Å². The Morgan fingerprint density at radius 3 is 1.70 bits per heavy atom. The van der Waals surface area contributed by atoms with Crippen molar-refractivity contribution < 1.29 is 0 Å². The summed E-state index contributed by atoms with van der Waals surface area (Å²) in [4.78, 5) is 2.46. The summed E-state index contributed by atoms with van der Waals surface area (Å²) in [5, 5.41) is 10.2. The zero-order valence-corrected chi connectivity index (χ0v) is 28.1. The lowest BCUT2D eigenvalue weighted by atomic mass is 9.93. The standard InChI is InChI=1S/C48H31NS/c1-3-20-38-32(13-1)15-11-25-39(38)33-16-9-18-36(29-33)49(45-26-12-28-47-48(45)43-24-7-8-27-46(43)50-47)37-19-10-17-34(30-37)44-31-35-14-2-4-21-40(35)41-22-5-6-23-42(41)44/h1-31H. The van der Waals surface area contributed by atoms with E-state index in [4.69, 9.17) is 0 Å². The van der Waals surface area contributed by atoms with E-state index in [0.29, 0.717) is 0 Å². The van der Waals surface area contributed by atoms with Crippen LogP contribution in [0.15, 0.2) is 188 Å². The van der Waals surface area contributed by atoms with Gasteiger partial charge < -0.3 is 4.90 Å². The zero-order chi connectivity index (χ0) is 33.0. The van der Waals surface area contributed by atoms with Gasteiger partial charge in [-0.3, -0.25) is 0 Å². The molecule has 0 aliphatic carbocycles. The molecule has 10 aromatic rings. The third-order valence-corrected chi connectivity index (χ3v) is 11.1. The second kappa shape index (κ2) is 11.7. The highest BCUT2D eigenvalue weighted by molar-refractivity contribution is 7.26. The smallest absolute Gasteiger partial charge is 0.0554 e. The molecule has 0 radical (unpaired) electrons. The predicted octanol–water partition coefficient (Wildman–Crippen LogP) is 14.3. The molecule has 234 valence electrons. The molecular weight excluding hydrogens is 623 g/mol. The molecule has 0 saturated carbocycles. The van der Waals surface area contributed by atoms with Gasteiger partial charge in [0.15, 0.2) is 0 Å². The molecule has 0 saturated heterocycles. The SMILES string of the molecule is c1cc(-c2cccc3ccccc23)cc(N(c2cccc(-c3cc4ccccc4c4ccccc34)c2)c2cccc3sc4ccccc4c23)c1. The fourth-order valence-electron chi connectivity index (χ4n) is 7.76. The fourth-order valence-corrected chi connectivity index (χ4v) is 8.89. The molecule has 1 aromatic heterocycles. The first-order chi connectivity index (χ1) is 24.8. The van der Waals surface area contributed by atoms with Gasteiger partial charge in [0.1, 0.15) is 0 Å². The maximum Gasteiger partial charge on any atom is 0.0554 e. The molecule has 0 bridgehead atoms. The van der Waals surface area contributed by atoms with Crippen molar-refractivity contribution in [1.82, 2.24) is 0 Å². The minimum atomic E-state index is 1.12. The van der Waals surface area contributed by atoms with Gasteiger partial charge >= 0.3 is 0 Å². The topological polar surface area (TPSA) is 3.24 Å². The Kier molecular flexibility index (Phi) is 6.75. The molecule has 1 nitrogen and oxygen atoms in total. The number of hydrogen-bond donors (Lipinski definition) is 0. The molecule has 0 aliphatic rings. The van der Waals surface area contributed by atoms with Gasteiger partial charge in [-0.15, -0.1) is 11.3 Å². The second-order valence-corrected chi connectivity index (χ2v) is 14.0. The van der Waals surface area contributed by atoms with Gasteiger partial charge in [0.05, 0.1) is 5.69 Å². The van der Waals surface area contributed by atoms with Crippen LogP contribution >= 0.6 is 11.3 Å². The molecular formula is C48H31NS. The Morgan fingerprint density at radius 1 is 0.340 bits per heavy atom. The molecule has 1 heterocycles. The lowest BCUT2D eigenvalue weighted by molar-refractivity contribution is 1.30. The van der Waals surface area contributed by atoms with E-state index in [9.17, 15) is 0 Å². The van der Waals surface area contributed by atoms with Crippen LogP contribution in [0.2, 0.25) is 0 Å². The minimum Gasteiger partial charge on any atom is -0.310 e. The van der Waals surface area contributed by atoms with Crippen LogP contribution in [0.25, 0.3) is 74.7 Å². The highest BCUT2D eigenvalue weighted by Crippen LogP contribution is 2.46. The molecule has 10 rings (SSSR count). The summed E-state index contributed by atoms with van der Waals surface area (Å²) in [6.45, 7) is 0. The molecule has 0 aliphatic heterocycles. The second-order valence-electron chi connectivity index (χ2n) is 12.9. The van der Waals surface area contributed by atoms with Crippen molar-refractivity contribution in [2.24, 2.45) is 0 Å². The molecule has 50 heavy (non-hydrogen) atoms. The molecule has 0 spiro atoms. The van der Waals surface area contributed by atoms with Crippen LogP contribution in [-0.2, 0) is 0 Å². The number of anilines is 3. The predicted molar refractivity (Wildman–Crippen MR) is 217 cm³/mol. The number of rotatable bonds is 5. The van der Waals surface area contributed by atoms with Crippen molar-refractivity contribution >= 4 is 80.9 Å². The van der Waals surface area contributed by atoms with Gasteiger partial charge in [-0.1, -0.05) is 140 Å². The Balaban J connectivity index is 1.23. The van der Waals surface area contributed by atoms with Crippen molar-refractivity contribution in [3.63, 3.8) is 0 Å². The first-order valence-electron chi connectivity index (χ1n) is 17.1. The van der Waals surface area contributed by atoms with Crippen molar-refractivity contribution in [3.05, 3.63) is 188 Å². The largest absolute Gasteiger partial charge is 0.310 e. The van der Waals surface area contributed by atoms with E-state index in [-0.39, 0.29) is 0 Å². The number of fused-ring (bicyclic) bond motifs is 7. The quantitative estimate of drug-likeness (QED) is 0.167. The van der Waals surface area contributed by atoms with E-state index < -0.39 is 0 Å². The summed E-state index contributed by atoms with van der Waals surface area (Å²) >= 11 is 1.86. The number of thiophene rings is 1. The lowest BCUT2D eigenvalue weighted by Gasteiger charge is -2.27. The van der Waals surface area contributed by atoms with Crippen molar-refractivity contribution in [1.29, 1.82) is 0 Å². The summed E-state index contributed by atoms with van der Waals surface area (Å²) < 4.78 is 2.59. The van der Waals surface area contributed by atoms with Crippen molar-refractivity contribution in [2.75, 3.05) is 4.90 Å². The van der Waals surface area contributed by atoms with E-state index in [1.54, 1.807) is 0 Å². The van der Waals surface area contributed by atoms with Crippen LogP contribution < -0.4 is 4.90 Å². The monoisotopic (exact) mass is 653 g/mol. The normalized spacial score (nSPS) is 11.6. The Hall–Kier alpha value is -6.22. The molecule has 0 fully saturated rings. The zero-order valence-electron chi connectivity index (χ0n) is 27.3. The van der Waals surface area contributed by atoms with E-state index >= 15 is 0 Å². The summed E-state index contributed by atoms with van der Waals surface area (Å²) in [5.74, 6) is 0. The minimum absolute atomic E-state index is 1.12. The molecule has 0 N–H and O–H groups in total. The first kappa shape index (κ1) is 28.8. The van der Waals surface area contributed by atoms with Gasteiger partial charge in [-0.25, -0.2) is 0 Å². The van der Waals surface area contributed by atoms with Gasteiger partial charge in [0.2, 0.25) is 0 Å². The van der Waals surface area contributed by atoms with E-state index in [2.05, 4.69) is 193 Å². The van der Waals surface area contributed by atoms with E-state index in [1.807, 2.05) is 11.3 Å². The van der Waals surface area contributed by atoms with Crippen LogP contribution in [0.3, 0.4) is 0 Å². The summed E-state index contributed by atoms with van der Waals surface area (Å²) in [6, 6.07) is 68.8.